The van der Waals surface area contributed by atoms with E-state index in [1.54, 1.807) is 18.2 Å². The smallest absolute Gasteiger partial charge is 0.420 e. The molecule has 0 radical (unpaired) electrons. The number of alkyl halides is 3. The zero-order chi connectivity index (χ0) is 39.9. The Morgan fingerprint density at radius 3 is 2.52 bits per heavy atom. The van der Waals surface area contributed by atoms with Crippen molar-refractivity contribution < 1.29 is 36.2 Å². The van der Waals surface area contributed by atoms with Crippen LogP contribution < -0.4 is 27.3 Å². The van der Waals surface area contributed by atoms with E-state index >= 15 is 22.0 Å². The Labute approximate surface area is 320 Å². The van der Waals surface area contributed by atoms with Crippen LogP contribution in [0.1, 0.15) is 61.3 Å². The molecule has 1 saturated heterocycles. The van der Waals surface area contributed by atoms with E-state index in [9.17, 15) is 14.8 Å². The lowest BCUT2D eigenvalue weighted by Gasteiger charge is -2.31. The van der Waals surface area contributed by atoms with Crippen molar-refractivity contribution in [1.29, 1.82) is 5.26 Å². The molecule has 0 unspecified atom stereocenters. The number of nitrogens with zero attached hydrogens (tertiary/aromatic N) is 5. The SMILES string of the molecule is N#Cc1c(N)sc2c(F)ccc(-c3c(C(F)(F)F)c(O)c4c(N[C@H](CCCN)c5cccnc5N)nc(OCC5(CN6CCC(=CF)CC6)CC5)nc4c3F)c12. The van der Waals surface area contributed by atoms with Crippen LogP contribution in [0.4, 0.5) is 43.0 Å². The zero-order valence-electron chi connectivity index (χ0n) is 29.8. The van der Waals surface area contributed by atoms with Gasteiger partial charge in [0.1, 0.15) is 45.4 Å². The third-order valence-corrected chi connectivity index (χ3v) is 11.5. The van der Waals surface area contributed by atoms with Crippen LogP contribution in [0.3, 0.4) is 0 Å². The molecule has 56 heavy (non-hydrogen) atoms. The second-order valence-corrected chi connectivity index (χ2v) is 15.2. The van der Waals surface area contributed by atoms with Crippen molar-refractivity contribution in [2.45, 2.75) is 50.7 Å². The fraction of sp³-hybridized carbons (Fsp3) is 0.368. The lowest BCUT2D eigenvalue weighted by molar-refractivity contribution is -0.138. The number of likely N-dealkylation sites (tertiary alicyclic amines) is 1. The van der Waals surface area contributed by atoms with E-state index in [4.69, 9.17) is 21.9 Å². The number of thiophene rings is 1. The minimum absolute atomic E-state index is 0.0752. The molecular weight excluding hydrogens is 761 g/mol. The van der Waals surface area contributed by atoms with Crippen molar-refractivity contribution in [3.8, 4) is 29.0 Å². The monoisotopic (exact) mass is 797 g/mol. The van der Waals surface area contributed by atoms with Crippen molar-refractivity contribution in [2.24, 2.45) is 11.1 Å². The Hall–Kier alpha value is -5.38. The molecule has 2 fully saturated rings. The summed E-state index contributed by atoms with van der Waals surface area (Å²) in [7, 11) is 0. The Morgan fingerprint density at radius 2 is 1.88 bits per heavy atom. The van der Waals surface area contributed by atoms with Crippen LogP contribution in [0.25, 0.3) is 32.1 Å². The number of anilines is 3. The van der Waals surface area contributed by atoms with Crippen LogP contribution in [0.15, 0.2) is 42.4 Å². The molecule has 1 atom stereocenters. The van der Waals surface area contributed by atoms with Gasteiger partial charge in [0.25, 0.3) is 0 Å². The number of rotatable bonds is 12. The number of nitriles is 1. The van der Waals surface area contributed by atoms with Crippen molar-refractivity contribution in [2.75, 3.05) is 49.6 Å². The number of phenols is 1. The number of nitrogens with one attached hydrogen (secondary N) is 1. The molecular formula is C38H37F6N9O2S. The minimum Gasteiger partial charge on any atom is -0.506 e. The van der Waals surface area contributed by atoms with Crippen LogP contribution in [-0.2, 0) is 6.18 Å². The third kappa shape index (κ3) is 7.33. The van der Waals surface area contributed by atoms with Crippen molar-refractivity contribution in [3.63, 3.8) is 0 Å². The summed E-state index contributed by atoms with van der Waals surface area (Å²) in [6, 6.07) is 5.61. The maximum Gasteiger partial charge on any atom is 0.420 e. The predicted octanol–water partition coefficient (Wildman–Crippen LogP) is 7.95. The number of nitrogen functional groups attached to an aromatic ring is 2. The molecule has 2 aliphatic rings. The highest BCUT2D eigenvalue weighted by Crippen LogP contribution is 2.53. The van der Waals surface area contributed by atoms with E-state index in [-0.39, 0.29) is 51.5 Å². The highest BCUT2D eigenvalue weighted by molar-refractivity contribution is 7.23. The van der Waals surface area contributed by atoms with Gasteiger partial charge in [-0.05, 0) is 68.3 Å². The van der Waals surface area contributed by atoms with Gasteiger partial charge in [0.05, 0.1) is 34.6 Å². The number of pyridine rings is 1. The van der Waals surface area contributed by atoms with Crippen molar-refractivity contribution >= 4 is 49.0 Å². The second kappa shape index (κ2) is 15.3. The first kappa shape index (κ1) is 38.9. The van der Waals surface area contributed by atoms with Gasteiger partial charge in [-0.15, -0.1) is 11.3 Å². The average molecular weight is 798 g/mol. The first-order valence-corrected chi connectivity index (χ1v) is 18.7. The quantitative estimate of drug-likeness (QED) is 0.0772. The topological polar surface area (TPSA) is 185 Å². The van der Waals surface area contributed by atoms with Crippen LogP contribution >= 0.6 is 11.3 Å². The van der Waals surface area contributed by atoms with Gasteiger partial charge >= 0.3 is 12.2 Å². The summed E-state index contributed by atoms with van der Waals surface area (Å²) in [5.74, 6) is -4.12. The van der Waals surface area contributed by atoms with E-state index < -0.39 is 69.0 Å². The first-order valence-electron chi connectivity index (χ1n) is 17.8. The van der Waals surface area contributed by atoms with Gasteiger partial charge in [-0.1, -0.05) is 12.1 Å². The normalized spacial score (nSPS) is 16.2. The fourth-order valence-corrected chi connectivity index (χ4v) is 8.29. The number of hydrogen-bond acceptors (Lipinski definition) is 12. The zero-order valence-corrected chi connectivity index (χ0v) is 30.6. The van der Waals surface area contributed by atoms with Crippen molar-refractivity contribution in [3.05, 3.63) is 70.7 Å². The predicted molar refractivity (Wildman–Crippen MR) is 201 cm³/mol. The second-order valence-electron chi connectivity index (χ2n) is 14.2. The van der Waals surface area contributed by atoms with E-state index in [0.29, 0.717) is 62.1 Å². The molecule has 3 aromatic heterocycles. The van der Waals surface area contributed by atoms with Crippen LogP contribution in [0.5, 0.6) is 11.8 Å². The maximum atomic E-state index is 17.3. The van der Waals surface area contributed by atoms with Gasteiger partial charge in [0, 0.05) is 47.8 Å². The lowest BCUT2D eigenvalue weighted by Crippen LogP contribution is -2.37. The molecule has 0 spiro atoms. The minimum atomic E-state index is -5.39. The molecule has 1 saturated carbocycles. The number of phenolic OH excluding ortho intramolecular Hbond substituents is 1. The molecule has 1 aliphatic carbocycles. The summed E-state index contributed by atoms with van der Waals surface area (Å²) in [5, 5.41) is 23.4. The molecule has 4 heterocycles. The molecule has 18 heteroatoms. The molecule has 0 bridgehead atoms. The number of hydrogen-bond donors (Lipinski definition) is 5. The molecule has 8 N–H and O–H groups in total. The Balaban J connectivity index is 1.41. The highest BCUT2D eigenvalue weighted by atomic mass is 32.1. The molecule has 294 valence electrons. The van der Waals surface area contributed by atoms with Gasteiger partial charge in [-0.2, -0.15) is 28.4 Å². The number of benzene rings is 2. The van der Waals surface area contributed by atoms with Gasteiger partial charge < -0.3 is 37.3 Å². The van der Waals surface area contributed by atoms with Crippen molar-refractivity contribution in [1.82, 2.24) is 19.9 Å². The largest absolute Gasteiger partial charge is 0.506 e. The van der Waals surface area contributed by atoms with Gasteiger partial charge in [0.15, 0.2) is 5.82 Å². The molecule has 0 amide bonds. The number of aromatic hydroxyl groups is 1. The molecule has 5 aromatic rings. The van der Waals surface area contributed by atoms with Gasteiger partial charge in [-0.25, -0.2) is 18.2 Å². The number of aromatic nitrogens is 3. The Bertz CT molecular complexity index is 2380. The number of piperidine rings is 1. The summed E-state index contributed by atoms with van der Waals surface area (Å²) in [5.41, 5.74) is 14.3. The Morgan fingerprint density at radius 1 is 1.12 bits per heavy atom. The Kier molecular flexibility index (Phi) is 10.6. The van der Waals surface area contributed by atoms with Crippen LogP contribution in [0, 0.1) is 28.4 Å². The van der Waals surface area contributed by atoms with Crippen LogP contribution in [0.2, 0.25) is 0 Å². The van der Waals surface area contributed by atoms with E-state index in [0.717, 1.165) is 30.5 Å². The first-order chi connectivity index (χ1) is 26.8. The summed E-state index contributed by atoms with van der Waals surface area (Å²) in [4.78, 5) is 15.0. The fourth-order valence-electron chi connectivity index (χ4n) is 7.34. The maximum absolute atomic E-state index is 17.3. The summed E-state index contributed by atoms with van der Waals surface area (Å²) in [6.45, 7) is 2.27. The third-order valence-electron chi connectivity index (χ3n) is 10.5. The summed E-state index contributed by atoms with van der Waals surface area (Å²) < 4.78 is 96.8. The standard InChI is InChI=1S/C38H37F6N9O2S/c39-15-19-7-13-53(14-8-19)17-37(9-10-37)18-55-36-51-30-27(35(52-36)50-24(4-1-11-45)20-3-2-12-49-33(20)47)31(54)28(38(42,43)44)26(29(30)41)21-5-6-23(40)32-25(21)22(16-46)34(48)56-32/h2-3,5-6,12,15,24,54H,1,4,7-11,13-14,17-18,45,48H2,(H2,47,49)(H,50,51,52)/t24-/m1/s1. The molecule has 11 nitrogen and oxygen atoms in total. The lowest BCUT2D eigenvalue weighted by atomic mass is 9.91. The molecule has 7 rings (SSSR count). The summed E-state index contributed by atoms with van der Waals surface area (Å²) in [6.07, 6.45) is 0.192. The highest BCUT2D eigenvalue weighted by Gasteiger charge is 2.46. The van der Waals surface area contributed by atoms with E-state index in [2.05, 4.69) is 25.2 Å². The molecule has 1 aliphatic heterocycles. The summed E-state index contributed by atoms with van der Waals surface area (Å²) >= 11 is 0.623. The number of halogens is 6. The van der Waals surface area contributed by atoms with Gasteiger partial charge in [0.2, 0.25) is 0 Å². The van der Waals surface area contributed by atoms with Crippen LogP contribution in [-0.4, -0.2) is 57.7 Å². The van der Waals surface area contributed by atoms with E-state index in [1.807, 2.05) is 0 Å². The van der Waals surface area contributed by atoms with E-state index in [1.165, 1.54) is 6.20 Å². The average Bonchev–Trinajstić information content (AvgIpc) is 3.85. The van der Waals surface area contributed by atoms with Gasteiger partial charge in [-0.3, -0.25) is 0 Å². The number of ether oxygens (including phenoxy) is 1. The number of nitrogens with two attached hydrogens (primary N) is 3. The molecule has 2 aromatic carbocycles. The number of fused-ring (bicyclic) bond motifs is 2.